The third kappa shape index (κ3) is 3.45. The SMILES string of the molecule is CCOc1ccnc(OCc2ccccc2)n1. The van der Waals surface area contributed by atoms with Crippen molar-refractivity contribution in [3.8, 4) is 11.9 Å². The van der Waals surface area contributed by atoms with Crippen molar-refractivity contribution < 1.29 is 9.47 Å². The summed E-state index contributed by atoms with van der Waals surface area (Å²) in [7, 11) is 0. The molecule has 0 unspecified atom stereocenters. The standard InChI is InChI=1S/C13H14N2O2/c1-2-16-12-8-9-14-13(15-12)17-10-11-6-4-3-5-7-11/h3-9H,2,10H2,1H3. The molecule has 2 aromatic rings. The van der Waals surface area contributed by atoms with Gasteiger partial charge in [-0.15, -0.1) is 0 Å². The van der Waals surface area contributed by atoms with Gasteiger partial charge in [-0.05, 0) is 12.5 Å². The number of nitrogens with zero attached hydrogens (tertiary/aromatic N) is 2. The first kappa shape index (κ1) is 11.4. The summed E-state index contributed by atoms with van der Waals surface area (Å²) in [6.45, 7) is 2.94. The number of hydrogen-bond acceptors (Lipinski definition) is 4. The molecule has 1 heterocycles. The molecule has 0 fully saturated rings. The van der Waals surface area contributed by atoms with E-state index in [4.69, 9.17) is 9.47 Å². The second-order valence-corrected chi connectivity index (χ2v) is 3.38. The molecule has 0 spiro atoms. The molecule has 1 aromatic carbocycles. The largest absolute Gasteiger partial charge is 0.478 e. The van der Waals surface area contributed by atoms with E-state index in [-0.39, 0.29) is 0 Å². The van der Waals surface area contributed by atoms with Crippen LogP contribution < -0.4 is 9.47 Å². The molecule has 0 saturated carbocycles. The molecule has 2 rings (SSSR count). The highest BCUT2D eigenvalue weighted by Gasteiger charge is 2.01. The van der Waals surface area contributed by atoms with Crippen LogP contribution in [0.5, 0.6) is 11.9 Å². The Balaban J connectivity index is 1.97. The van der Waals surface area contributed by atoms with Gasteiger partial charge in [-0.1, -0.05) is 30.3 Å². The Morgan fingerprint density at radius 3 is 2.65 bits per heavy atom. The van der Waals surface area contributed by atoms with Crippen molar-refractivity contribution in [1.29, 1.82) is 0 Å². The summed E-state index contributed by atoms with van der Waals surface area (Å²) in [6, 6.07) is 11.9. The topological polar surface area (TPSA) is 44.2 Å². The van der Waals surface area contributed by atoms with E-state index in [0.717, 1.165) is 5.56 Å². The Bertz CT molecular complexity index is 460. The zero-order valence-corrected chi connectivity index (χ0v) is 9.67. The van der Waals surface area contributed by atoms with Crippen LogP contribution in [0, 0.1) is 0 Å². The first-order valence-electron chi connectivity index (χ1n) is 5.51. The fourth-order valence-corrected chi connectivity index (χ4v) is 1.35. The molecule has 0 aliphatic heterocycles. The smallest absolute Gasteiger partial charge is 0.320 e. The average molecular weight is 230 g/mol. The first-order valence-corrected chi connectivity index (χ1v) is 5.51. The summed E-state index contributed by atoms with van der Waals surface area (Å²) in [5, 5.41) is 0. The van der Waals surface area contributed by atoms with E-state index in [0.29, 0.717) is 25.1 Å². The molecule has 0 amide bonds. The minimum Gasteiger partial charge on any atom is -0.478 e. The van der Waals surface area contributed by atoms with E-state index in [9.17, 15) is 0 Å². The molecule has 17 heavy (non-hydrogen) atoms. The number of benzene rings is 1. The van der Waals surface area contributed by atoms with Gasteiger partial charge in [0.25, 0.3) is 0 Å². The molecule has 4 heteroatoms. The summed E-state index contributed by atoms with van der Waals surface area (Å²) in [5.41, 5.74) is 1.08. The summed E-state index contributed by atoms with van der Waals surface area (Å²) in [6.07, 6.45) is 1.62. The van der Waals surface area contributed by atoms with Crippen LogP contribution in [0.2, 0.25) is 0 Å². The van der Waals surface area contributed by atoms with Gasteiger partial charge >= 0.3 is 6.01 Å². The molecular weight excluding hydrogens is 216 g/mol. The molecule has 1 aromatic heterocycles. The van der Waals surface area contributed by atoms with Crippen LogP contribution in [0.25, 0.3) is 0 Å². The predicted octanol–water partition coefficient (Wildman–Crippen LogP) is 2.45. The molecule has 0 aliphatic rings. The summed E-state index contributed by atoms with van der Waals surface area (Å²) < 4.78 is 10.7. The monoisotopic (exact) mass is 230 g/mol. The van der Waals surface area contributed by atoms with Gasteiger partial charge < -0.3 is 9.47 Å². The van der Waals surface area contributed by atoms with Crippen molar-refractivity contribution >= 4 is 0 Å². The number of hydrogen-bond donors (Lipinski definition) is 0. The van der Waals surface area contributed by atoms with Crippen LogP contribution in [0.4, 0.5) is 0 Å². The number of aromatic nitrogens is 2. The maximum absolute atomic E-state index is 5.48. The fourth-order valence-electron chi connectivity index (χ4n) is 1.35. The Morgan fingerprint density at radius 2 is 1.88 bits per heavy atom. The van der Waals surface area contributed by atoms with Crippen molar-refractivity contribution in [2.24, 2.45) is 0 Å². The van der Waals surface area contributed by atoms with E-state index in [2.05, 4.69) is 9.97 Å². The quantitative estimate of drug-likeness (QED) is 0.791. The number of ether oxygens (including phenoxy) is 2. The molecule has 0 radical (unpaired) electrons. The highest BCUT2D eigenvalue weighted by atomic mass is 16.5. The van der Waals surface area contributed by atoms with Crippen LogP contribution in [0.3, 0.4) is 0 Å². The zero-order chi connectivity index (χ0) is 11.9. The second-order valence-electron chi connectivity index (χ2n) is 3.38. The van der Waals surface area contributed by atoms with E-state index in [1.807, 2.05) is 37.3 Å². The van der Waals surface area contributed by atoms with Crippen molar-refractivity contribution in [2.45, 2.75) is 13.5 Å². The highest BCUT2D eigenvalue weighted by molar-refractivity contribution is 5.15. The summed E-state index contributed by atoms with van der Waals surface area (Å²) in [4.78, 5) is 8.15. The molecular formula is C13H14N2O2. The lowest BCUT2D eigenvalue weighted by Crippen LogP contribution is -2.01. The summed E-state index contributed by atoms with van der Waals surface area (Å²) >= 11 is 0. The maximum atomic E-state index is 5.48. The van der Waals surface area contributed by atoms with Crippen LogP contribution in [-0.2, 0) is 6.61 Å². The molecule has 0 N–H and O–H groups in total. The van der Waals surface area contributed by atoms with E-state index < -0.39 is 0 Å². The minimum atomic E-state index is 0.333. The number of rotatable bonds is 5. The Hall–Kier alpha value is -2.10. The molecule has 0 bridgehead atoms. The Labute approximate surface area is 100 Å². The predicted molar refractivity (Wildman–Crippen MR) is 64.0 cm³/mol. The van der Waals surface area contributed by atoms with Crippen LogP contribution in [0.1, 0.15) is 12.5 Å². The van der Waals surface area contributed by atoms with Crippen LogP contribution in [-0.4, -0.2) is 16.6 Å². The van der Waals surface area contributed by atoms with Gasteiger partial charge in [0, 0.05) is 12.3 Å². The molecule has 0 aliphatic carbocycles. The third-order valence-corrected chi connectivity index (χ3v) is 2.11. The zero-order valence-electron chi connectivity index (χ0n) is 9.67. The van der Waals surface area contributed by atoms with Gasteiger partial charge in [0.2, 0.25) is 5.88 Å². The van der Waals surface area contributed by atoms with Gasteiger partial charge in [0.1, 0.15) is 6.61 Å². The lowest BCUT2D eigenvalue weighted by molar-refractivity contribution is 0.267. The minimum absolute atomic E-state index is 0.333. The lowest BCUT2D eigenvalue weighted by Gasteiger charge is -2.06. The van der Waals surface area contributed by atoms with Crippen molar-refractivity contribution in [3.05, 3.63) is 48.2 Å². The van der Waals surface area contributed by atoms with Crippen LogP contribution >= 0.6 is 0 Å². The van der Waals surface area contributed by atoms with E-state index in [1.54, 1.807) is 12.3 Å². The van der Waals surface area contributed by atoms with Gasteiger partial charge in [0.05, 0.1) is 6.61 Å². The molecule has 4 nitrogen and oxygen atoms in total. The Kier molecular flexibility index (Phi) is 3.91. The normalized spacial score (nSPS) is 9.94. The Morgan fingerprint density at radius 1 is 1.06 bits per heavy atom. The van der Waals surface area contributed by atoms with Crippen molar-refractivity contribution in [3.63, 3.8) is 0 Å². The molecule has 0 atom stereocenters. The van der Waals surface area contributed by atoms with Gasteiger partial charge in [-0.2, -0.15) is 4.98 Å². The average Bonchev–Trinajstić information content (AvgIpc) is 2.39. The second kappa shape index (κ2) is 5.84. The first-order chi connectivity index (χ1) is 8.38. The van der Waals surface area contributed by atoms with Gasteiger partial charge in [0.15, 0.2) is 0 Å². The van der Waals surface area contributed by atoms with E-state index >= 15 is 0 Å². The summed E-state index contributed by atoms with van der Waals surface area (Å²) in [5.74, 6) is 0.533. The lowest BCUT2D eigenvalue weighted by atomic mass is 10.2. The van der Waals surface area contributed by atoms with Crippen molar-refractivity contribution in [1.82, 2.24) is 9.97 Å². The maximum Gasteiger partial charge on any atom is 0.320 e. The van der Waals surface area contributed by atoms with E-state index in [1.165, 1.54) is 0 Å². The fraction of sp³-hybridized carbons (Fsp3) is 0.231. The third-order valence-electron chi connectivity index (χ3n) is 2.11. The molecule has 0 saturated heterocycles. The van der Waals surface area contributed by atoms with Gasteiger partial charge in [-0.25, -0.2) is 4.98 Å². The highest BCUT2D eigenvalue weighted by Crippen LogP contribution is 2.11. The molecule has 88 valence electrons. The van der Waals surface area contributed by atoms with Crippen molar-refractivity contribution in [2.75, 3.05) is 6.61 Å². The van der Waals surface area contributed by atoms with Gasteiger partial charge in [-0.3, -0.25) is 0 Å². The van der Waals surface area contributed by atoms with Crippen LogP contribution in [0.15, 0.2) is 42.6 Å².